The van der Waals surface area contributed by atoms with Crippen LogP contribution in [0.4, 0.5) is 0 Å². The molecule has 4 rings (SSSR count). The summed E-state index contributed by atoms with van der Waals surface area (Å²) in [6, 6.07) is 6.30. The summed E-state index contributed by atoms with van der Waals surface area (Å²) in [5.41, 5.74) is 2.59. The van der Waals surface area contributed by atoms with E-state index in [0.29, 0.717) is 45.4 Å². The van der Waals surface area contributed by atoms with Crippen LogP contribution in [0.15, 0.2) is 33.9 Å². The molecule has 0 aliphatic heterocycles. The van der Waals surface area contributed by atoms with Crippen molar-refractivity contribution < 1.29 is 0 Å². The second kappa shape index (κ2) is 32.1. The van der Waals surface area contributed by atoms with Gasteiger partial charge in [-0.3, -0.25) is 19.8 Å². The van der Waals surface area contributed by atoms with Crippen LogP contribution in [-0.4, -0.2) is 19.6 Å². The van der Waals surface area contributed by atoms with Gasteiger partial charge in [-0.15, -0.1) is 0 Å². The molecule has 0 aliphatic carbocycles. The SMILES string of the molecule is CCCCCCCCCCCCCCCCCc1[nH]n(-c2c(Cl)cc(Cl)cc2Cl)c(=O)c1Cc1c(CCCCCCCCCCCCCCCCC)[nH]n(-c2c(Cl)cc(Cl)cc2Cl)c1=O. The van der Waals surface area contributed by atoms with Crippen molar-refractivity contribution >= 4 is 69.6 Å². The molecule has 2 N–H and O–H groups in total. The highest BCUT2D eigenvalue weighted by Crippen LogP contribution is 2.34. The minimum Gasteiger partial charge on any atom is -0.295 e. The molecule has 0 radical (unpaired) electrons. The molecule has 2 heterocycles. The Balaban J connectivity index is 1.43. The number of aromatic nitrogens is 4. The van der Waals surface area contributed by atoms with Gasteiger partial charge in [0.1, 0.15) is 11.4 Å². The molecule has 0 saturated carbocycles. The lowest BCUT2D eigenvalue weighted by molar-refractivity contribution is 0.531. The lowest BCUT2D eigenvalue weighted by atomic mass is 9.99. The molecule has 0 unspecified atom stereocenters. The monoisotopic (exact) mass is 1010 g/mol. The molecule has 0 aliphatic rings. The molecule has 0 bridgehead atoms. The van der Waals surface area contributed by atoms with Crippen LogP contribution in [0.5, 0.6) is 0 Å². The van der Waals surface area contributed by atoms with Crippen LogP contribution in [-0.2, 0) is 19.3 Å². The van der Waals surface area contributed by atoms with Crippen molar-refractivity contribution in [2.45, 2.75) is 226 Å². The van der Waals surface area contributed by atoms with Crippen LogP contribution in [0, 0.1) is 0 Å². The lowest BCUT2D eigenvalue weighted by Gasteiger charge is -2.08. The maximum Gasteiger partial charge on any atom is 0.275 e. The molecule has 65 heavy (non-hydrogen) atoms. The second-order valence-electron chi connectivity index (χ2n) is 18.4. The number of hydrogen-bond donors (Lipinski definition) is 2. The maximum atomic E-state index is 14.5. The number of hydrogen-bond acceptors (Lipinski definition) is 2. The predicted molar refractivity (Wildman–Crippen MR) is 283 cm³/mol. The Labute approximate surface area is 421 Å². The Morgan fingerprint density at radius 1 is 0.369 bits per heavy atom. The van der Waals surface area contributed by atoms with Crippen LogP contribution >= 0.6 is 69.6 Å². The molecule has 0 saturated heterocycles. The van der Waals surface area contributed by atoms with Crippen LogP contribution in [0.1, 0.15) is 229 Å². The minimum absolute atomic E-state index is 0.110. The molecule has 12 heteroatoms. The third-order valence-electron chi connectivity index (χ3n) is 13.0. The van der Waals surface area contributed by atoms with Gasteiger partial charge in [0.25, 0.3) is 11.1 Å². The number of unbranched alkanes of at least 4 members (excludes halogenated alkanes) is 28. The fourth-order valence-electron chi connectivity index (χ4n) is 9.15. The minimum atomic E-state index is -0.306. The molecule has 0 spiro atoms. The predicted octanol–water partition coefficient (Wildman–Crippen LogP) is 19.0. The summed E-state index contributed by atoms with van der Waals surface area (Å²) >= 11 is 39.3. The fourth-order valence-corrected chi connectivity index (χ4v) is 11.1. The van der Waals surface area contributed by atoms with Gasteiger partial charge in [-0.1, -0.05) is 263 Å². The van der Waals surface area contributed by atoms with Gasteiger partial charge in [-0.05, 0) is 49.9 Å². The quantitative estimate of drug-likeness (QED) is 0.0446. The van der Waals surface area contributed by atoms with Crippen LogP contribution in [0.2, 0.25) is 30.1 Å². The highest BCUT2D eigenvalue weighted by molar-refractivity contribution is 6.41. The van der Waals surface area contributed by atoms with E-state index in [2.05, 4.69) is 24.0 Å². The summed E-state index contributed by atoms with van der Waals surface area (Å²) < 4.78 is 2.81. The molecule has 2 aromatic heterocycles. The van der Waals surface area contributed by atoms with E-state index in [1.807, 2.05) is 0 Å². The molecule has 364 valence electrons. The van der Waals surface area contributed by atoms with Gasteiger partial charge in [-0.2, -0.15) is 0 Å². The summed E-state index contributed by atoms with van der Waals surface area (Å²) in [5, 5.41) is 8.46. The highest BCUT2D eigenvalue weighted by atomic mass is 35.5. The number of H-pyrrole nitrogens is 2. The lowest BCUT2D eigenvalue weighted by Crippen LogP contribution is -2.22. The molecular weight excluding hydrogens is 937 g/mol. The van der Waals surface area contributed by atoms with Crippen LogP contribution in [0.3, 0.4) is 0 Å². The fraction of sp³-hybridized carbons (Fsp3) is 0.660. The van der Waals surface area contributed by atoms with Gasteiger partial charge in [0, 0.05) is 39.0 Å². The van der Waals surface area contributed by atoms with E-state index in [4.69, 9.17) is 69.6 Å². The van der Waals surface area contributed by atoms with E-state index in [1.54, 1.807) is 24.3 Å². The Hall–Kier alpha value is -1.80. The van der Waals surface area contributed by atoms with E-state index in [9.17, 15) is 9.59 Å². The average Bonchev–Trinajstić information content (AvgIpc) is 3.73. The third kappa shape index (κ3) is 19.3. The molecule has 0 atom stereocenters. The van der Waals surface area contributed by atoms with Crippen molar-refractivity contribution in [2.75, 3.05) is 0 Å². The largest absolute Gasteiger partial charge is 0.295 e. The summed E-state index contributed by atoms with van der Waals surface area (Å²) in [6.07, 6.45) is 39.5. The zero-order valence-corrected chi connectivity index (χ0v) is 44.2. The first kappa shape index (κ1) is 55.8. The number of nitrogens with zero attached hydrogens (tertiary/aromatic N) is 2. The van der Waals surface area contributed by atoms with Gasteiger partial charge < -0.3 is 0 Å². The second-order valence-corrected chi connectivity index (χ2v) is 20.9. The zero-order chi connectivity index (χ0) is 46.8. The Kier molecular flexibility index (Phi) is 27.5. The number of aryl methyl sites for hydroxylation is 2. The number of nitrogens with one attached hydrogen (secondary N) is 2. The van der Waals surface area contributed by atoms with Crippen molar-refractivity contribution in [1.29, 1.82) is 0 Å². The van der Waals surface area contributed by atoms with E-state index >= 15 is 0 Å². The van der Waals surface area contributed by atoms with Crippen LogP contribution < -0.4 is 11.1 Å². The van der Waals surface area contributed by atoms with Crippen molar-refractivity contribution in [2.24, 2.45) is 0 Å². The van der Waals surface area contributed by atoms with Crippen molar-refractivity contribution in [3.05, 3.63) is 97.6 Å². The topological polar surface area (TPSA) is 75.6 Å². The highest BCUT2D eigenvalue weighted by Gasteiger charge is 2.25. The Bertz CT molecular complexity index is 1890. The smallest absolute Gasteiger partial charge is 0.275 e. The maximum absolute atomic E-state index is 14.5. The third-order valence-corrected chi connectivity index (χ3v) is 14.6. The first-order valence-electron chi connectivity index (χ1n) is 25.5. The molecule has 0 fully saturated rings. The van der Waals surface area contributed by atoms with Gasteiger partial charge in [0.2, 0.25) is 0 Å². The van der Waals surface area contributed by atoms with Gasteiger partial charge in [0.05, 0.1) is 20.1 Å². The van der Waals surface area contributed by atoms with Crippen LogP contribution in [0.25, 0.3) is 11.4 Å². The Morgan fingerprint density at radius 2 is 0.600 bits per heavy atom. The standard InChI is InChI=1S/C53H78Cl6N4O2/c1-3-5-7-9-11-13-15-17-19-21-23-25-27-29-31-33-48-42(52(64)62(60-48)50-44(56)35-40(54)36-45(50)57)39-43-49(61-63(53(43)65)51-46(58)37-41(55)38-47(51)59)34-32-30-28-26-24-22-20-18-16-14-12-10-8-6-4-2/h35-38,60-61H,3-34,39H2,1-2H3. The number of rotatable bonds is 36. The Morgan fingerprint density at radius 3 is 0.846 bits per heavy atom. The number of benzene rings is 2. The van der Waals surface area contributed by atoms with E-state index in [-0.39, 0.29) is 37.6 Å². The molecule has 2 aromatic carbocycles. The van der Waals surface area contributed by atoms with Gasteiger partial charge in [-0.25, -0.2) is 9.36 Å². The van der Waals surface area contributed by atoms with Crippen molar-refractivity contribution in [3.8, 4) is 11.4 Å². The summed E-state index contributed by atoms with van der Waals surface area (Å²) in [7, 11) is 0. The van der Waals surface area contributed by atoms with E-state index in [1.165, 1.54) is 163 Å². The van der Waals surface area contributed by atoms with Gasteiger partial charge in [0.15, 0.2) is 0 Å². The number of aromatic amines is 2. The zero-order valence-electron chi connectivity index (χ0n) is 39.6. The molecular formula is C53H78Cl6N4O2. The molecule has 6 nitrogen and oxygen atoms in total. The van der Waals surface area contributed by atoms with E-state index in [0.717, 1.165) is 49.9 Å². The average molecular weight is 1020 g/mol. The molecule has 4 aromatic rings. The van der Waals surface area contributed by atoms with Crippen molar-refractivity contribution in [3.63, 3.8) is 0 Å². The molecule has 0 amide bonds. The number of halogens is 6. The van der Waals surface area contributed by atoms with Crippen molar-refractivity contribution in [1.82, 2.24) is 19.6 Å². The van der Waals surface area contributed by atoms with E-state index < -0.39 is 0 Å². The van der Waals surface area contributed by atoms with Gasteiger partial charge >= 0.3 is 0 Å². The summed E-state index contributed by atoms with van der Waals surface area (Å²) in [6.45, 7) is 4.54. The first-order valence-corrected chi connectivity index (χ1v) is 27.8. The summed E-state index contributed by atoms with van der Waals surface area (Å²) in [4.78, 5) is 29.0. The summed E-state index contributed by atoms with van der Waals surface area (Å²) in [5.74, 6) is 0. The first-order chi connectivity index (χ1) is 31.6. The normalized spacial score (nSPS) is 11.7.